The van der Waals surface area contributed by atoms with Crippen LogP contribution in [-0.2, 0) is 4.84 Å². The lowest BCUT2D eigenvalue weighted by Crippen LogP contribution is -2.10. The maximum Gasteiger partial charge on any atom is 0.362 e. The van der Waals surface area contributed by atoms with Crippen LogP contribution in [0.25, 0.3) is 0 Å². The second-order valence-electron chi connectivity index (χ2n) is 6.76. The Labute approximate surface area is 199 Å². The van der Waals surface area contributed by atoms with E-state index in [4.69, 9.17) is 19.0 Å². The molecule has 0 saturated heterocycles. The fraction of sp³-hybridized carbons (Fsp3) is 0.130. The molecule has 0 spiro atoms. The van der Waals surface area contributed by atoms with Gasteiger partial charge in [0.2, 0.25) is 5.75 Å². The maximum atomic E-state index is 12.5. The maximum absolute atomic E-state index is 12.5. The van der Waals surface area contributed by atoms with Gasteiger partial charge in [-0.1, -0.05) is 0 Å². The normalized spacial score (nSPS) is 10.5. The van der Waals surface area contributed by atoms with E-state index in [9.17, 15) is 19.7 Å². The van der Waals surface area contributed by atoms with Crippen molar-refractivity contribution >= 4 is 28.9 Å². The molecule has 0 unspecified atom stereocenters. The molecule has 35 heavy (non-hydrogen) atoms. The molecule has 180 valence electrons. The SMILES string of the molecule is COc1cc(C(=O)N=Nc2ccc(NOC(=O)c3ccc([N+](=O)[O-])cc3)cc2)cc(OC)c1OC. The minimum absolute atomic E-state index is 0.136. The summed E-state index contributed by atoms with van der Waals surface area (Å²) < 4.78 is 15.7. The van der Waals surface area contributed by atoms with Crippen LogP contribution in [0.1, 0.15) is 20.7 Å². The number of carbonyl (C=O) groups is 2. The van der Waals surface area contributed by atoms with Crippen LogP contribution in [0.2, 0.25) is 0 Å². The number of anilines is 1. The van der Waals surface area contributed by atoms with E-state index in [2.05, 4.69) is 15.7 Å². The molecule has 0 bridgehead atoms. The zero-order chi connectivity index (χ0) is 25.4. The number of non-ortho nitro benzene ring substituents is 1. The number of rotatable bonds is 9. The molecule has 3 rings (SSSR count). The van der Waals surface area contributed by atoms with Crippen molar-refractivity contribution in [2.45, 2.75) is 0 Å². The number of carbonyl (C=O) groups excluding carboxylic acids is 2. The molecule has 0 radical (unpaired) electrons. The van der Waals surface area contributed by atoms with Gasteiger partial charge in [0.1, 0.15) is 0 Å². The molecule has 0 aromatic heterocycles. The van der Waals surface area contributed by atoms with Crippen molar-refractivity contribution in [1.29, 1.82) is 0 Å². The number of ether oxygens (including phenoxy) is 3. The van der Waals surface area contributed by atoms with E-state index >= 15 is 0 Å². The van der Waals surface area contributed by atoms with Crippen LogP contribution in [0.3, 0.4) is 0 Å². The molecule has 0 atom stereocenters. The molecule has 12 nitrogen and oxygen atoms in total. The summed E-state index contributed by atoms with van der Waals surface area (Å²) in [4.78, 5) is 39.6. The number of azo groups is 1. The smallest absolute Gasteiger partial charge is 0.362 e. The summed E-state index contributed by atoms with van der Waals surface area (Å²) in [5.41, 5.74) is 3.47. The van der Waals surface area contributed by atoms with Gasteiger partial charge in [0.15, 0.2) is 11.5 Å². The summed E-state index contributed by atoms with van der Waals surface area (Å²) in [6.07, 6.45) is 0. The highest BCUT2D eigenvalue weighted by atomic mass is 16.7. The fourth-order valence-corrected chi connectivity index (χ4v) is 2.85. The van der Waals surface area contributed by atoms with Gasteiger partial charge in [-0.3, -0.25) is 14.9 Å². The zero-order valence-corrected chi connectivity index (χ0v) is 18.9. The summed E-state index contributed by atoms with van der Waals surface area (Å²) in [6, 6.07) is 14.1. The topological polar surface area (TPSA) is 151 Å². The third-order valence-electron chi connectivity index (χ3n) is 4.61. The molecule has 1 amide bonds. The quantitative estimate of drug-likeness (QED) is 0.260. The van der Waals surface area contributed by atoms with Crippen molar-refractivity contribution < 1.29 is 33.6 Å². The first kappa shape index (κ1) is 24.6. The molecule has 0 saturated carbocycles. The van der Waals surface area contributed by atoms with Gasteiger partial charge in [0.05, 0.1) is 48.8 Å². The van der Waals surface area contributed by atoms with Crippen LogP contribution in [0.4, 0.5) is 17.1 Å². The van der Waals surface area contributed by atoms with Gasteiger partial charge in [-0.25, -0.2) is 10.3 Å². The van der Waals surface area contributed by atoms with Gasteiger partial charge in [0, 0.05) is 12.1 Å². The highest BCUT2D eigenvalue weighted by Gasteiger charge is 2.17. The van der Waals surface area contributed by atoms with E-state index in [1.807, 2.05) is 0 Å². The molecular formula is C23H20N4O8. The number of hydrogen-bond acceptors (Lipinski definition) is 10. The summed E-state index contributed by atoms with van der Waals surface area (Å²) in [5, 5.41) is 18.3. The number of benzene rings is 3. The average molecular weight is 480 g/mol. The Morgan fingerprint density at radius 1 is 0.857 bits per heavy atom. The third kappa shape index (κ3) is 6.07. The van der Waals surface area contributed by atoms with Crippen molar-refractivity contribution in [2.24, 2.45) is 10.2 Å². The number of nitro groups is 1. The molecule has 0 aliphatic heterocycles. The van der Waals surface area contributed by atoms with E-state index in [1.54, 1.807) is 24.3 Å². The summed E-state index contributed by atoms with van der Waals surface area (Å²) in [7, 11) is 4.33. The van der Waals surface area contributed by atoms with E-state index in [-0.39, 0.29) is 16.8 Å². The number of nitro benzene ring substituents is 1. The molecule has 3 aromatic carbocycles. The average Bonchev–Trinajstić information content (AvgIpc) is 2.89. The lowest BCUT2D eigenvalue weighted by atomic mass is 10.1. The minimum atomic E-state index is -0.723. The van der Waals surface area contributed by atoms with Crippen molar-refractivity contribution in [3.63, 3.8) is 0 Å². The van der Waals surface area contributed by atoms with Crippen LogP contribution < -0.4 is 19.7 Å². The van der Waals surface area contributed by atoms with Crippen LogP contribution in [0.5, 0.6) is 17.2 Å². The summed E-state index contributed by atoms with van der Waals surface area (Å²) in [6.45, 7) is 0. The van der Waals surface area contributed by atoms with Gasteiger partial charge >= 0.3 is 5.97 Å². The Bertz CT molecular complexity index is 1230. The lowest BCUT2D eigenvalue weighted by Gasteiger charge is -2.12. The largest absolute Gasteiger partial charge is 0.493 e. The lowest BCUT2D eigenvalue weighted by molar-refractivity contribution is -0.384. The van der Waals surface area contributed by atoms with Crippen molar-refractivity contribution in [3.05, 3.63) is 81.9 Å². The van der Waals surface area contributed by atoms with Crippen LogP contribution >= 0.6 is 0 Å². The first-order valence-corrected chi connectivity index (χ1v) is 9.94. The van der Waals surface area contributed by atoms with Gasteiger partial charge in [-0.05, 0) is 48.5 Å². The van der Waals surface area contributed by atoms with E-state index < -0.39 is 16.8 Å². The van der Waals surface area contributed by atoms with Crippen molar-refractivity contribution in [3.8, 4) is 17.2 Å². The van der Waals surface area contributed by atoms with Crippen molar-refractivity contribution in [2.75, 3.05) is 26.8 Å². The molecule has 0 heterocycles. The number of nitrogens with zero attached hydrogens (tertiary/aromatic N) is 3. The number of methoxy groups -OCH3 is 3. The van der Waals surface area contributed by atoms with Crippen LogP contribution in [0, 0.1) is 10.1 Å². The van der Waals surface area contributed by atoms with Gasteiger partial charge < -0.3 is 19.0 Å². The zero-order valence-electron chi connectivity index (χ0n) is 18.9. The predicted octanol–water partition coefficient (Wildman–Crippen LogP) is 4.73. The van der Waals surface area contributed by atoms with Crippen LogP contribution in [0.15, 0.2) is 70.9 Å². The molecular weight excluding hydrogens is 460 g/mol. The Kier molecular flexibility index (Phi) is 7.90. The monoisotopic (exact) mass is 480 g/mol. The third-order valence-corrected chi connectivity index (χ3v) is 4.61. The summed E-state index contributed by atoms with van der Waals surface area (Å²) in [5.74, 6) is -0.378. The summed E-state index contributed by atoms with van der Waals surface area (Å²) >= 11 is 0. The highest BCUT2D eigenvalue weighted by Crippen LogP contribution is 2.38. The molecule has 0 aliphatic carbocycles. The molecule has 1 N–H and O–H groups in total. The van der Waals surface area contributed by atoms with E-state index in [0.717, 1.165) is 0 Å². The Morgan fingerprint density at radius 3 is 1.97 bits per heavy atom. The highest BCUT2D eigenvalue weighted by molar-refractivity contribution is 5.96. The standard InChI is InChI=1S/C23H20N4O8/c1-32-19-12-15(13-20(33-2)21(19)34-3)22(28)25-24-16-6-8-17(9-7-16)26-35-23(29)14-4-10-18(11-5-14)27(30)31/h4-13,26H,1-3H3. The second kappa shape index (κ2) is 11.2. The van der Waals surface area contributed by atoms with Crippen molar-refractivity contribution in [1.82, 2.24) is 0 Å². The Hall–Kier alpha value is -5.00. The van der Waals surface area contributed by atoms with Gasteiger partial charge in [-0.15, -0.1) is 10.2 Å². The first-order valence-electron chi connectivity index (χ1n) is 9.94. The predicted molar refractivity (Wildman–Crippen MR) is 124 cm³/mol. The van der Waals surface area contributed by atoms with E-state index in [1.165, 1.54) is 57.7 Å². The van der Waals surface area contributed by atoms with Crippen LogP contribution in [-0.4, -0.2) is 38.1 Å². The minimum Gasteiger partial charge on any atom is -0.493 e. The molecule has 0 aliphatic rings. The molecule has 3 aromatic rings. The second-order valence-corrected chi connectivity index (χ2v) is 6.76. The number of hydrogen-bond donors (Lipinski definition) is 1. The van der Waals surface area contributed by atoms with E-state index in [0.29, 0.717) is 28.6 Å². The fourth-order valence-electron chi connectivity index (χ4n) is 2.85. The van der Waals surface area contributed by atoms with Gasteiger partial charge in [0.25, 0.3) is 11.6 Å². The van der Waals surface area contributed by atoms with Gasteiger partial charge in [-0.2, -0.15) is 0 Å². The first-order chi connectivity index (χ1) is 16.9. The Balaban J connectivity index is 1.62. The Morgan fingerprint density at radius 2 is 1.46 bits per heavy atom. The number of amides is 1. The molecule has 0 fully saturated rings. The number of nitrogens with one attached hydrogen (secondary N) is 1. The molecule has 12 heteroatoms.